The Bertz CT molecular complexity index is 1030. The van der Waals surface area contributed by atoms with Gasteiger partial charge >= 0.3 is 11.9 Å². The van der Waals surface area contributed by atoms with Crippen LogP contribution < -0.4 is 0 Å². The SMILES string of the molecule is C[C@H](CCC[C@@H](C)[C@H]1CC[C@H]2[C@@H]3CC=C4C[C@@H](OC(=O)CCC(=O)O)CC[C@]4(C)[C@H]3CC[C@]12C)CO[Si](C)(C)C(C)(C)C. The standard InChI is InChI=1S/C37H64O5Si/c1-25(24-41-43(8,9)35(3,4)5)11-10-12-26(2)30-15-16-31-29-14-13-27-23-28(42-34(40)18-17-33(38)39)19-21-36(27,6)32(29)20-22-37(30,31)7/h13,25-26,28-32H,10-12,14-24H2,1-9H3,(H,38,39)/t25-,26-,28+,29+,30-,31+,32+,36+,37-/m1/s1. The molecule has 4 rings (SSSR count). The summed E-state index contributed by atoms with van der Waals surface area (Å²) in [6, 6.07) is 0. The largest absolute Gasteiger partial charge is 0.481 e. The van der Waals surface area contributed by atoms with Gasteiger partial charge in [-0.3, -0.25) is 9.59 Å². The Kier molecular flexibility index (Phi) is 10.7. The fourth-order valence-corrected chi connectivity index (χ4v) is 10.9. The van der Waals surface area contributed by atoms with E-state index in [9.17, 15) is 9.59 Å². The highest BCUT2D eigenvalue weighted by atomic mass is 28.4. The molecule has 0 aliphatic heterocycles. The molecule has 0 heterocycles. The first kappa shape index (κ1) is 34.7. The van der Waals surface area contributed by atoms with Gasteiger partial charge in [-0.2, -0.15) is 0 Å². The maximum absolute atomic E-state index is 12.2. The summed E-state index contributed by atoms with van der Waals surface area (Å²) in [4.78, 5) is 23.1. The summed E-state index contributed by atoms with van der Waals surface area (Å²) in [5, 5.41) is 9.17. The zero-order valence-corrected chi connectivity index (χ0v) is 30.1. The minimum absolute atomic E-state index is 0.0304. The van der Waals surface area contributed by atoms with E-state index < -0.39 is 14.3 Å². The van der Waals surface area contributed by atoms with Crippen molar-refractivity contribution in [3.05, 3.63) is 11.6 Å². The summed E-state index contributed by atoms with van der Waals surface area (Å²) in [5.74, 6) is 3.32. The normalized spacial score (nSPS) is 35.7. The van der Waals surface area contributed by atoms with Gasteiger partial charge in [0.05, 0.1) is 12.8 Å². The first-order valence-electron chi connectivity index (χ1n) is 17.7. The van der Waals surface area contributed by atoms with Crippen LogP contribution in [-0.2, 0) is 18.8 Å². The van der Waals surface area contributed by atoms with E-state index in [0.29, 0.717) is 11.3 Å². The predicted octanol–water partition coefficient (Wildman–Crippen LogP) is 9.81. The number of esters is 1. The Morgan fingerprint density at radius 1 is 1.02 bits per heavy atom. The molecule has 5 nitrogen and oxygen atoms in total. The fraction of sp³-hybridized carbons (Fsp3) is 0.892. The number of carbonyl (C=O) groups excluding carboxylic acids is 1. The van der Waals surface area contributed by atoms with Crippen LogP contribution in [0.25, 0.3) is 0 Å². The highest BCUT2D eigenvalue weighted by Gasteiger charge is 2.59. The van der Waals surface area contributed by atoms with Crippen LogP contribution in [0.1, 0.15) is 132 Å². The molecule has 0 radical (unpaired) electrons. The van der Waals surface area contributed by atoms with Crippen molar-refractivity contribution in [1.29, 1.82) is 0 Å². The van der Waals surface area contributed by atoms with Crippen LogP contribution >= 0.6 is 0 Å². The van der Waals surface area contributed by atoms with Gasteiger partial charge in [0.2, 0.25) is 0 Å². The van der Waals surface area contributed by atoms with Crippen molar-refractivity contribution in [2.24, 2.45) is 46.3 Å². The molecular formula is C37H64O5Si. The molecule has 0 aromatic carbocycles. The van der Waals surface area contributed by atoms with Gasteiger partial charge in [0.15, 0.2) is 8.32 Å². The van der Waals surface area contributed by atoms with Crippen LogP contribution in [0.2, 0.25) is 18.1 Å². The molecular weight excluding hydrogens is 552 g/mol. The number of aliphatic carboxylic acids is 1. The number of rotatable bonds is 12. The Morgan fingerprint density at radius 2 is 1.74 bits per heavy atom. The maximum atomic E-state index is 12.2. The monoisotopic (exact) mass is 616 g/mol. The van der Waals surface area contributed by atoms with Gasteiger partial charge in [-0.25, -0.2) is 0 Å². The Morgan fingerprint density at radius 3 is 2.42 bits per heavy atom. The fourth-order valence-electron chi connectivity index (χ4n) is 9.80. The zero-order chi connectivity index (χ0) is 31.8. The van der Waals surface area contributed by atoms with E-state index in [1.54, 1.807) is 0 Å². The van der Waals surface area contributed by atoms with Crippen molar-refractivity contribution in [1.82, 2.24) is 0 Å². The van der Waals surface area contributed by atoms with E-state index in [1.807, 2.05) is 0 Å². The van der Waals surface area contributed by atoms with E-state index in [4.69, 9.17) is 14.3 Å². The third-order valence-corrected chi connectivity index (χ3v) is 18.1. The highest BCUT2D eigenvalue weighted by Crippen LogP contribution is 2.67. The number of hydrogen-bond donors (Lipinski definition) is 1. The Hall–Kier alpha value is -1.14. The number of ether oxygens (including phenoxy) is 1. The number of carbonyl (C=O) groups is 2. The van der Waals surface area contributed by atoms with Crippen molar-refractivity contribution in [2.45, 2.75) is 156 Å². The molecule has 0 amide bonds. The van der Waals surface area contributed by atoms with Gasteiger partial charge in [0.1, 0.15) is 6.10 Å². The average molecular weight is 617 g/mol. The first-order valence-corrected chi connectivity index (χ1v) is 20.6. The summed E-state index contributed by atoms with van der Waals surface area (Å²) in [7, 11) is -1.67. The zero-order valence-electron chi connectivity index (χ0n) is 29.1. The number of carboxylic acids is 1. The quantitative estimate of drug-likeness (QED) is 0.134. The topological polar surface area (TPSA) is 72.8 Å². The predicted molar refractivity (Wildman–Crippen MR) is 177 cm³/mol. The molecule has 4 aliphatic carbocycles. The molecule has 3 saturated carbocycles. The second kappa shape index (κ2) is 13.3. The minimum Gasteiger partial charge on any atom is -0.481 e. The summed E-state index contributed by atoms with van der Waals surface area (Å²) < 4.78 is 12.3. The molecule has 0 aromatic heterocycles. The van der Waals surface area contributed by atoms with Gasteiger partial charge in [0, 0.05) is 13.0 Å². The van der Waals surface area contributed by atoms with Gasteiger partial charge in [-0.1, -0.05) is 73.0 Å². The number of hydrogen-bond acceptors (Lipinski definition) is 4. The third-order valence-electron chi connectivity index (χ3n) is 13.6. The smallest absolute Gasteiger partial charge is 0.306 e. The van der Waals surface area contributed by atoms with Crippen LogP contribution in [0.4, 0.5) is 0 Å². The molecule has 6 heteroatoms. The van der Waals surface area contributed by atoms with Crippen molar-refractivity contribution >= 4 is 20.3 Å². The molecule has 0 spiro atoms. The minimum atomic E-state index is -1.67. The van der Waals surface area contributed by atoms with Crippen molar-refractivity contribution < 1.29 is 23.9 Å². The number of carboxylic acid groups (broad SMARTS) is 1. The third kappa shape index (κ3) is 7.47. The second-order valence-electron chi connectivity index (χ2n) is 17.3. The molecule has 0 aromatic rings. The van der Waals surface area contributed by atoms with Gasteiger partial charge in [-0.15, -0.1) is 0 Å². The maximum Gasteiger partial charge on any atom is 0.306 e. The lowest BCUT2D eigenvalue weighted by Gasteiger charge is -2.58. The Labute approximate surface area is 264 Å². The molecule has 0 bridgehead atoms. The lowest BCUT2D eigenvalue weighted by Crippen LogP contribution is -2.51. The number of fused-ring (bicyclic) bond motifs is 5. The Balaban J connectivity index is 1.30. The molecule has 0 unspecified atom stereocenters. The molecule has 3 fully saturated rings. The number of allylic oxidation sites excluding steroid dienone is 1. The summed E-state index contributed by atoms with van der Waals surface area (Å²) in [5.41, 5.74) is 2.20. The first-order chi connectivity index (χ1) is 20.0. The van der Waals surface area contributed by atoms with Gasteiger partial charge in [-0.05, 0) is 116 Å². The van der Waals surface area contributed by atoms with E-state index in [0.717, 1.165) is 55.5 Å². The molecule has 4 aliphatic rings. The lowest BCUT2D eigenvalue weighted by molar-refractivity contribution is -0.154. The highest BCUT2D eigenvalue weighted by molar-refractivity contribution is 6.74. The molecule has 1 N–H and O–H groups in total. The van der Waals surface area contributed by atoms with Crippen LogP contribution in [0.3, 0.4) is 0 Å². The van der Waals surface area contributed by atoms with E-state index in [-0.39, 0.29) is 35.4 Å². The summed E-state index contributed by atoms with van der Waals surface area (Å²) in [6.45, 7) is 22.7. The van der Waals surface area contributed by atoms with Crippen LogP contribution in [-0.4, -0.2) is 38.1 Å². The second-order valence-corrected chi connectivity index (χ2v) is 22.1. The van der Waals surface area contributed by atoms with Crippen molar-refractivity contribution in [3.63, 3.8) is 0 Å². The van der Waals surface area contributed by atoms with E-state index >= 15 is 0 Å². The summed E-state index contributed by atoms with van der Waals surface area (Å²) in [6.07, 6.45) is 15.7. The lowest BCUT2D eigenvalue weighted by atomic mass is 9.47. The van der Waals surface area contributed by atoms with Gasteiger partial charge in [0.25, 0.3) is 0 Å². The van der Waals surface area contributed by atoms with Crippen LogP contribution in [0.5, 0.6) is 0 Å². The summed E-state index contributed by atoms with van der Waals surface area (Å²) >= 11 is 0. The molecule has 0 saturated heterocycles. The van der Waals surface area contributed by atoms with Crippen LogP contribution in [0, 0.1) is 46.3 Å². The van der Waals surface area contributed by atoms with Crippen molar-refractivity contribution in [3.8, 4) is 0 Å². The van der Waals surface area contributed by atoms with Gasteiger partial charge < -0.3 is 14.3 Å². The van der Waals surface area contributed by atoms with E-state index in [2.05, 4.69) is 67.6 Å². The molecule has 246 valence electrons. The molecule has 43 heavy (non-hydrogen) atoms. The van der Waals surface area contributed by atoms with Crippen molar-refractivity contribution in [2.75, 3.05) is 6.61 Å². The van der Waals surface area contributed by atoms with E-state index in [1.165, 1.54) is 56.9 Å². The molecule has 9 atom stereocenters. The van der Waals surface area contributed by atoms with Crippen LogP contribution in [0.15, 0.2) is 11.6 Å². The average Bonchev–Trinajstić information content (AvgIpc) is 3.27.